The molecule has 6 heteroatoms. The highest BCUT2D eigenvalue weighted by Gasteiger charge is 2.24. The van der Waals surface area contributed by atoms with E-state index in [1.807, 2.05) is 13.1 Å². The first-order chi connectivity index (χ1) is 10.1. The van der Waals surface area contributed by atoms with Gasteiger partial charge in [-0.15, -0.1) is 11.3 Å². The number of nitrogens with zero attached hydrogens (tertiary/aromatic N) is 4. The zero-order valence-electron chi connectivity index (χ0n) is 12.8. The molecular formula is C15H22N4OS. The van der Waals surface area contributed by atoms with Crippen LogP contribution in [-0.4, -0.2) is 38.4 Å². The number of aryl methyl sites for hydroxylation is 1. The Morgan fingerprint density at radius 3 is 3.00 bits per heavy atom. The van der Waals surface area contributed by atoms with Gasteiger partial charge in [0.2, 0.25) is 0 Å². The second-order valence-electron chi connectivity index (χ2n) is 5.82. The summed E-state index contributed by atoms with van der Waals surface area (Å²) in [7, 11) is 0. The molecule has 0 aromatic carbocycles. The maximum Gasteiger partial charge on any atom is 0.0903 e. The Morgan fingerprint density at radius 2 is 2.29 bits per heavy atom. The lowest BCUT2D eigenvalue weighted by atomic mass is 10.2. The summed E-state index contributed by atoms with van der Waals surface area (Å²) in [6.45, 7) is 9.75. The third-order valence-electron chi connectivity index (χ3n) is 3.85. The van der Waals surface area contributed by atoms with Crippen molar-refractivity contribution in [3.63, 3.8) is 0 Å². The fourth-order valence-electron chi connectivity index (χ4n) is 2.62. The minimum absolute atomic E-state index is 0.149. The molecule has 0 spiro atoms. The van der Waals surface area contributed by atoms with Crippen LogP contribution >= 0.6 is 11.3 Å². The smallest absolute Gasteiger partial charge is 0.0903 e. The number of fused-ring (bicyclic) bond motifs is 1. The molecule has 0 aliphatic carbocycles. The molecule has 1 aliphatic heterocycles. The van der Waals surface area contributed by atoms with Gasteiger partial charge in [-0.1, -0.05) is 0 Å². The van der Waals surface area contributed by atoms with Gasteiger partial charge in [-0.2, -0.15) is 5.10 Å². The first kappa shape index (κ1) is 14.7. The number of rotatable bonds is 4. The first-order valence-corrected chi connectivity index (χ1v) is 8.27. The number of thiazole rings is 1. The number of hydrogen-bond acceptors (Lipinski definition) is 5. The van der Waals surface area contributed by atoms with Gasteiger partial charge in [0.05, 0.1) is 35.7 Å². The Morgan fingerprint density at radius 1 is 1.43 bits per heavy atom. The van der Waals surface area contributed by atoms with E-state index in [1.54, 1.807) is 11.3 Å². The van der Waals surface area contributed by atoms with E-state index in [1.165, 1.54) is 5.69 Å². The van der Waals surface area contributed by atoms with Crippen LogP contribution in [0.15, 0.2) is 17.6 Å². The van der Waals surface area contributed by atoms with Crippen molar-refractivity contribution in [1.82, 2.24) is 19.7 Å². The highest BCUT2D eigenvalue weighted by molar-refractivity contribution is 7.09. The summed E-state index contributed by atoms with van der Waals surface area (Å²) in [5.74, 6) is 0. The van der Waals surface area contributed by atoms with Crippen molar-refractivity contribution >= 4 is 11.3 Å². The lowest BCUT2D eigenvalue weighted by Crippen LogP contribution is -2.37. The van der Waals surface area contributed by atoms with Gasteiger partial charge in [0, 0.05) is 30.7 Å². The van der Waals surface area contributed by atoms with E-state index in [0.717, 1.165) is 30.3 Å². The molecule has 0 fully saturated rings. The molecule has 0 bridgehead atoms. The fraction of sp³-hybridized carbons (Fsp3) is 0.600. The Labute approximate surface area is 129 Å². The number of aromatic nitrogens is 3. The van der Waals surface area contributed by atoms with Gasteiger partial charge >= 0.3 is 0 Å². The zero-order chi connectivity index (χ0) is 14.8. The van der Waals surface area contributed by atoms with E-state index in [9.17, 15) is 0 Å². The third-order valence-corrected chi connectivity index (χ3v) is 4.67. The molecule has 0 radical (unpaired) electrons. The molecule has 0 saturated carbocycles. The molecule has 0 N–H and O–H groups in total. The van der Waals surface area contributed by atoms with Gasteiger partial charge in [-0.3, -0.25) is 9.58 Å². The molecule has 3 heterocycles. The van der Waals surface area contributed by atoms with Crippen molar-refractivity contribution in [3.05, 3.63) is 34.0 Å². The van der Waals surface area contributed by atoms with Gasteiger partial charge in [0.15, 0.2) is 0 Å². The average Bonchev–Trinajstić information content (AvgIpc) is 3.01. The van der Waals surface area contributed by atoms with Crippen molar-refractivity contribution < 1.29 is 4.74 Å². The van der Waals surface area contributed by atoms with Crippen molar-refractivity contribution in [2.45, 2.75) is 52.6 Å². The predicted octanol–water partition coefficient (Wildman–Crippen LogP) is 2.46. The van der Waals surface area contributed by atoms with Gasteiger partial charge in [0.1, 0.15) is 0 Å². The zero-order valence-corrected chi connectivity index (χ0v) is 13.6. The molecule has 3 rings (SSSR count). The fourth-order valence-corrected chi connectivity index (χ4v) is 3.22. The highest BCUT2D eigenvalue weighted by Crippen LogP contribution is 2.17. The van der Waals surface area contributed by atoms with Gasteiger partial charge in [0.25, 0.3) is 0 Å². The van der Waals surface area contributed by atoms with Crippen molar-refractivity contribution in [2.75, 3.05) is 6.54 Å². The Kier molecular flexibility index (Phi) is 4.37. The maximum absolute atomic E-state index is 6.11. The molecule has 21 heavy (non-hydrogen) atoms. The number of ether oxygens (including phenoxy) is 1. The Hall–Kier alpha value is -1.24. The molecule has 1 unspecified atom stereocenters. The van der Waals surface area contributed by atoms with Crippen LogP contribution in [-0.2, 0) is 24.4 Å². The molecule has 0 saturated heterocycles. The van der Waals surface area contributed by atoms with E-state index in [-0.39, 0.29) is 6.10 Å². The van der Waals surface area contributed by atoms with Crippen LogP contribution in [0, 0.1) is 6.92 Å². The monoisotopic (exact) mass is 306 g/mol. The molecule has 2 aromatic heterocycles. The Bertz CT molecular complexity index is 592. The van der Waals surface area contributed by atoms with Gasteiger partial charge in [-0.25, -0.2) is 4.98 Å². The minimum Gasteiger partial charge on any atom is -0.369 e. The summed E-state index contributed by atoms with van der Waals surface area (Å²) in [6, 6.07) is 2.60. The van der Waals surface area contributed by atoms with Crippen LogP contribution in [0.3, 0.4) is 0 Å². The summed E-state index contributed by atoms with van der Waals surface area (Å²) < 4.78 is 8.18. The lowest BCUT2D eigenvalue weighted by Gasteiger charge is -2.27. The van der Waals surface area contributed by atoms with Gasteiger partial charge in [-0.05, 0) is 26.8 Å². The molecule has 1 aliphatic rings. The Balaban J connectivity index is 1.69. The topological polar surface area (TPSA) is 43.2 Å². The second-order valence-corrected chi connectivity index (χ2v) is 6.88. The molecule has 0 amide bonds. The van der Waals surface area contributed by atoms with Gasteiger partial charge < -0.3 is 4.74 Å². The summed E-state index contributed by atoms with van der Waals surface area (Å²) in [5, 5.41) is 7.58. The molecule has 2 aromatic rings. The van der Waals surface area contributed by atoms with E-state index in [0.29, 0.717) is 12.6 Å². The van der Waals surface area contributed by atoms with Crippen LogP contribution in [0.4, 0.5) is 0 Å². The summed E-state index contributed by atoms with van der Waals surface area (Å²) >= 11 is 1.67. The average molecular weight is 306 g/mol. The normalized spacial score (nSPS) is 19.7. The van der Waals surface area contributed by atoms with E-state index in [4.69, 9.17) is 4.74 Å². The van der Waals surface area contributed by atoms with Crippen LogP contribution in [0.2, 0.25) is 0 Å². The van der Waals surface area contributed by atoms with E-state index in [2.05, 4.69) is 45.0 Å². The van der Waals surface area contributed by atoms with E-state index >= 15 is 0 Å². The maximum atomic E-state index is 6.11. The predicted molar refractivity (Wildman–Crippen MR) is 83.2 cm³/mol. The van der Waals surface area contributed by atoms with Crippen LogP contribution < -0.4 is 0 Å². The first-order valence-electron chi connectivity index (χ1n) is 7.39. The van der Waals surface area contributed by atoms with Crippen LogP contribution in [0.5, 0.6) is 0 Å². The standard InChI is InChI=1S/C15H22N4OS/c1-11(2)18-6-14-4-5-16-19(14)8-15(7-18)20-9-13-10-21-12(3)17-13/h4-5,10-11,15H,6-9H2,1-3H3. The van der Waals surface area contributed by atoms with Crippen molar-refractivity contribution in [3.8, 4) is 0 Å². The summed E-state index contributed by atoms with van der Waals surface area (Å²) in [5.41, 5.74) is 2.29. The van der Waals surface area contributed by atoms with Crippen molar-refractivity contribution in [1.29, 1.82) is 0 Å². The second kappa shape index (κ2) is 6.25. The molecule has 114 valence electrons. The number of hydrogen-bond donors (Lipinski definition) is 0. The lowest BCUT2D eigenvalue weighted by molar-refractivity contribution is 0.00183. The summed E-state index contributed by atoms with van der Waals surface area (Å²) in [6.07, 6.45) is 2.02. The third kappa shape index (κ3) is 3.51. The van der Waals surface area contributed by atoms with Crippen LogP contribution in [0.25, 0.3) is 0 Å². The molecular weight excluding hydrogens is 284 g/mol. The largest absolute Gasteiger partial charge is 0.369 e. The minimum atomic E-state index is 0.149. The molecule has 1 atom stereocenters. The van der Waals surface area contributed by atoms with Crippen molar-refractivity contribution in [2.24, 2.45) is 0 Å². The summed E-state index contributed by atoms with van der Waals surface area (Å²) in [4.78, 5) is 6.91. The molecule has 5 nitrogen and oxygen atoms in total. The quantitative estimate of drug-likeness (QED) is 0.870. The highest BCUT2D eigenvalue weighted by atomic mass is 32.1. The SMILES string of the molecule is Cc1nc(COC2CN(C(C)C)Cc3ccnn3C2)cs1. The van der Waals surface area contributed by atoms with Crippen LogP contribution in [0.1, 0.15) is 30.2 Å². The van der Waals surface area contributed by atoms with E-state index < -0.39 is 0 Å².